The second-order valence-corrected chi connectivity index (χ2v) is 3.74. The van der Waals surface area contributed by atoms with Gasteiger partial charge in [0, 0.05) is 6.07 Å². The predicted octanol–water partition coefficient (Wildman–Crippen LogP) is 2.45. The molecule has 0 saturated heterocycles. The first-order valence-corrected chi connectivity index (χ1v) is 5.35. The van der Waals surface area contributed by atoms with Crippen LogP contribution in [-0.2, 0) is 4.74 Å². The molecule has 1 aromatic heterocycles. The van der Waals surface area contributed by atoms with Crippen molar-refractivity contribution >= 4 is 5.97 Å². The van der Waals surface area contributed by atoms with Crippen molar-refractivity contribution in [1.82, 2.24) is 5.16 Å². The van der Waals surface area contributed by atoms with Gasteiger partial charge < -0.3 is 14.0 Å². The number of hydrogen-bond acceptors (Lipinski definition) is 5. The third-order valence-corrected chi connectivity index (χ3v) is 2.52. The Morgan fingerprint density at radius 1 is 1.28 bits per heavy atom. The Bertz CT molecular complexity index is 574. The zero-order chi connectivity index (χ0) is 13.1. The molecule has 0 aliphatic heterocycles. The predicted molar refractivity (Wildman–Crippen MR) is 64.6 cm³/mol. The maximum atomic E-state index is 11.4. The van der Waals surface area contributed by atoms with E-state index >= 15 is 0 Å². The van der Waals surface area contributed by atoms with Crippen LogP contribution in [0.2, 0.25) is 0 Å². The minimum Gasteiger partial charge on any atom is -0.496 e. The second kappa shape index (κ2) is 4.91. The molecule has 0 saturated carbocycles. The first kappa shape index (κ1) is 12.2. The summed E-state index contributed by atoms with van der Waals surface area (Å²) in [7, 11) is 2.87. The van der Waals surface area contributed by atoms with Gasteiger partial charge in [0.05, 0.1) is 31.0 Å². The van der Waals surface area contributed by atoms with Crippen LogP contribution in [0, 0.1) is 6.92 Å². The van der Waals surface area contributed by atoms with Crippen molar-refractivity contribution in [2.75, 3.05) is 14.2 Å². The molecule has 0 N–H and O–H groups in total. The topological polar surface area (TPSA) is 61.6 Å². The number of esters is 1. The van der Waals surface area contributed by atoms with Gasteiger partial charge in [-0.2, -0.15) is 0 Å². The van der Waals surface area contributed by atoms with Crippen LogP contribution in [0.3, 0.4) is 0 Å². The van der Waals surface area contributed by atoms with Crippen LogP contribution in [-0.4, -0.2) is 25.3 Å². The summed E-state index contributed by atoms with van der Waals surface area (Å²) in [5, 5.41) is 3.82. The van der Waals surface area contributed by atoms with E-state index in [1.165, 1.54) is 14.2 Å². The van der Waals surface area contributed by atoms with Gasteiger partial charge >= 0.3 is 5.97 Å². The molecule has 0 bridgehead atoms. The zero-order valence-electron chi connectivity index (χ0n) is 10.4. The number of rotatable bonds is 3. The largest absolute Gasteiger partial charge is 0.496 e. The summed E-state index contributed by atoms with van der Waals surface area (Å²) in [6, 6.07) is 6.81. The van der Waals surface area contributed by atoms with Crippen LogP contribution in [0.1, 0.15) is 16.1 Å². The summed E-state index contributed by atoms with van der Waals surface area (Å²) in [5.41, 5.74) is 1.95. The van der Waals surface area contributed by atoms with Crippen molar-refractivity contribution in [3.63, 3.8) is 0 Å². The van der Waals surface area contributed by atoms with E-state index in [1.54, 1.807) is 24.3 Å². The van der Waals surface area contributed by atoms with Gasteiger partial charge in [-0.25, -0.2) is 4.79 Å². The average Bonchev–Trinajstić information content (AvgIpc) is 2.83. The van der Waals surface area contributed by atoms with Crippen molar-refractivity contribution in [2.45, 2.75) is 6.92 Å². The Balaban J connectivity index is 2.46. The molecule has 2 rings (SSSR count). The highest BCUT2D eigenvalue weighted by Gasteiger charge is 2.14. The summed E-state index contributed by atoms with van der Waals surface area (Å²) >= 11 is 0. The number of carbonyl (C=O) groups is 1. The number of aryl methyl sites for hydroxylation is 1. The highest BCUT2D eigenvalue weighted by molar-refractivity contribution is 5.91. The third-order valence-electron chi connectivity index (χ3n) is 2.52. The molecule has 5 heteroatoms. The number of aromatic nitrogens is 1. The number of methoxy groups -OCH3 is 2. The van der Waals surface area contributed by atoms with Gasteiger partial charge in [-0.1, -0.05) is 5.16 Å². The maximum Gasteiger partial charge on any atom is 0.337 e. The fraction of sp³-hybridized carbons (Fsp3) is 0.231. The minimum absolute atomic E-state index is 0.409. The number of carbonyl (C=O) groups excluding carboxylic acids is 1. The fourth-order valence-corrected chi connectivity index (χ4v) is 1.63. The number of benzene rings is 1. The quantitative estimate of drug-likeness (QED) is 0.779. The molecular formula is C13H13NO4. The van der Waals surface area contributed by atoms with Gasteiger partial charge in [0.1, 0.15) is 5.75 Å². The van der Waals surface area contributed by atoms with E-state index in [0.29, 0.717) is 17.1 Å². The van der Waals surface area contributed by atoms with E-state index in [4.69, 9.17) is 9.26 Å². The molecule has 1 aromatic carbocycles. The van der Waals surface area contributed by atoms with Gasteiger partial charge in [0.25, 0.3) is 0 Å². The molecule has 94 valence electrons. The second-order valence-electron chi connectivity index (χ2n) is 3.74. The van der Waals surface area contributed by atoms with E-state index in [9.17, 15) is 4.79 Å². The van der Waals surface area contributed by atoms with Crippen LogP contribution in [0.5, 0.6) is 5.75 Å². The van der Waals surface area contributed by atoms with Crippen LogP contribution in [0.25, 0.3) is 11.3 Å². The highest BCUT2D eigenvalue weighted by atomic mass is 16.5. The van der Waals surface area contributed by atoms with Crippen LogP contribution >= 0.6 is 0 Å². The monoisotopic (exact) mass is 247 g/mol. The van der Waals surface area contributed by atoms with Crippen molar-refractivity contribution in [3.05, 3.63) is 35.5 Å². The first-order chi connectivity index (χ1) is 8.65. The van der Waals surface area contributed by atoms with Crippen molar-refractivity contribution in [2.24, 2.45) is 0 Å². The lowest BCUT2D eigenvalue weighted by Crippen LogP contribution is -2.01. The molecule has 1 heterocycles. The summed E-state index contributed by atoms with van der Waals surface area (Å²) in [6.45, 7) is 1.84. The summed E-state index contributed by atoms with van der Waals surface area (Å²) in [6.07, 6.45) is 0. The van der Waals surface area contributed by atoms with E-state index in [0.717, 1.165) is 11.3 Å². The number of hydrogen-bond donors (Lipinski definition) is 0. The molecule has 0 aliphatic carbocycles. The summed E-state index contributed by atoms with van der Waals surface area (Å²) in [4.78, 5) is 11.4. The standard InChI is InChI=1S/C13H13NO4/c1-8-6-12(18-14-8)10-5-4-9(13(15)17-3)7-11(10)16-2/h4-7H,1-3H3. The van der Waals surface area contributed by atoms with E-state index in [1.807, 2.05) is 6.92 Å². The minimum atomic E-state index is -0.409. The Morgan fingerprint density at radius 2 is 2.06 bits per heavy atom. The molecule has 5 nitrogen and oxygen atoms in total. The Morgan fingerprint density at radius 3 is 2.61 bits per heavy atom. The summed E-state index contributed by atoms with van der Waals surface area (Å²) in [5.74, 6) is 0.725. The molecule has 18 heavy (non-hydrogen) atoms. The average molecular weight is 247 g/mol. The van der Waals surface area contributed by atoms with Crippen LogP contribution in [0.15, 0.2) is 28.8 Å². The lowest BCUT2D eigenvalue weighted by Gasteiger charge is -2.07. The van der Waals surface area contributed by atoms with Crippen LogP contribution in [0.4, 0.5) is 0 Å². The van der Waals surface area contributed by atoms with Gasteiger partial charge in [0.2, 0.25) is 0 Å². The Hall–Kier alpha value is -2.30. The Kier molecular flexibility index (Phi) is 3.32. The molecule has 0 fully saturated rings. The molecule has 0 aliphatic rings. The van der Waals surface area contributed by atoms with E-state index in [-0.39, 0.29) is 0 Å². The normalized spacial score (nSPS) is 10.2. The molecule has 0 spiro atoms. The molecule has 0 amide bonds. The first-order valence-electron chi connectivity index (χ1n) is 5.35. The van der Waals surface area contributed by atoms with Crippen molar-refractivity contribution in [1.29, 1.82) is 0 Å². The van der Waals surface area contributed by atoms with Gasteiger partial charge in [0.15, 0.2) is 5.76 Å². The molecule has 0 unspecified atom stereocenters. The van der Waals surface area contributed by atoms with Gasteiger partial charge in [-0.3, -0.25) is 0 Å². The van der Waals surface area contributed by atoms with E-state index < -0.39 is 5.97 Å². The van der Waals surface area contributed by atoms with Gasteiger partial charge in [-0.15, -0.1) is 0 Å². The Labute approximate surface area is 104 Å². The smallest absolute Gasteiger partial charge is 0.337 e. The third kappa shape index (κ3) is 2.20. The summed E-state index contributed by atoms with van der Waals surface area (Å²) < 4.78 is 15.1. The van der Waals surface area contributed by atoms with Gasteiger partial charge in [-0.05, 0) is 25.1 Å². The lowest BCUT2D eigenvalue weighted by atomic mass is 10.1. The molecule has 0 radical (unpaired) electrons. The fourth-order valence-electron chi connectivity index (χ4n) is 1.63. The van der Waals surface area contributed by atoms with Crippen molar-refractivity contribution in [3.8, 4) is 17.1 Å². The maximum absolute atomic E-state index is 11.4. The molecule has 2 aromatic rings. The van der Waals surface area contributed by atoms with E-state index in [2.05, 4.69) is 9.89 Å². The highest BCUT2D eigenvalue weighted by Crippen LogP contribution is 2.31. The molecular weight excluding hydrogens is 234 g/mol. The zero-order valence-corrected chi connectivity index (χ0v) is 10.4. The lowest BCUT2D eigenvalue weighted by molar-refractivity contribution is 0.0600. The number of ether oxygens (including phenoxy) is 2. The number of nitrogens with zero attached hydrogens (tertiary/aromatic N) is 1. The van der Waals surface area contributed by atoms with Crippen molar-refractivity contribution < 1.29 is 18.8 Å². The molecule has 0 atom stereocenters. The van der Waals surface area contributed by atoms with Crippen LogP contribution < -0.4 is 4.74 Å². The SMILES string of the molecule is COC(=O)c1ccc(-c2cc(C)no2)c(OC)c1.